The Balaban J connectivity index is 2.35. The molecule has 21 heavy (non-hydrogen) atoms. The summed E-state index contributed by atoms with van der Waals surface area (Å²) in [5, 5.41) is 15.5. The predicted octanol–water partition coefficient (Wildman–Crippen LogP) is 1.73. The Morgan fingerprint density at radius 3 is 2.71 bits per heavy atom. The van der Waals surface area contributed by atoms with E-state index in [1.54, 1.807) is 35.8 Å². The summed E-state index contributed by atoms with van der Waals surface area (Å²) < 4.78 is 1.64. The molecule has 8 heteroatoms. The monoisotopic (exact) mass is 290 g/mol. The summed E-state index contributed by atoms with van der Waals surface area (Å²) >= 11 is 0. The smallest absolute Gasteiger partial charge is 0.333 e. The molecule has 0 saturated carbocycles. The molecular formula is C13H18N6O2. The van der Waals surface area contributed by atoms with Gasteiger partial charge >= 0.3 is 5.69 Å². The van der Waals surface area contributed by atoms with E-state index in [4.69, 9.17) is 5.73 Å². The molecule has 112 valence electrons. The van der Waals surface area contributed by atoms with Gasteiger partial charge in [-0.1, -0.05) is 6.07 Å². The third kappa shape index (κ3) is 2.93. The number of nitrogens with two attached hydrogens (primary N) is 1. The van der Waals surface area contributed by atoms with Gasteiger partial charge in [0.2, 0.25) is 5.82 Å². The second-order valence-electron chi connectivity index (χ2n) is 4.78. The number of nitrogens with zero attached hydrogens (tertiary/aromatic N) is 5. The topological polar surface area (TPSA) is 103 Å². The molecule has 0 spiro atoms. The van der Waals surface area contributed by atoms with Crippen molar-refractivity contribution < 1.29 is 4.92 Å². The third-order valence-corrected chi connectivity index (χ3v) is 3.18. The molecule has 2 aromatic rings. The highest BCUT2D eigenvalue weighted by molar-refractivity contribution is 5.61. The molecule has 0 aliphatic rings. The van der Waals surface area contributed by atoms with Crippen LogP contribution < -0.4 is 10.6 Å². The van der Waals surface area contributed by atoms with Gasteiger partial charge in [0.05, 0.1) is 4.92 Å². The van der Waals surface area contributed by atoms with Crippen LogP contribution in [0, 0.1) is 17.0 Å². The Morgan fingerprint density at radius 2 is 2.19 bits per heavy atom. The van der Waals surface area contributed by atoms with Gasteiger partial charge in [0.15, 0.2) is 0 Å². The summed E-state index contributed by atoms with van der Waals surface area (Å²) in [7, 11) is 1.80. The fraction of sp³-hybridized carbons (Fsp3) is 0.385. The molecular weight excluding hydrogens is 272 g/mol. The summed E-state index contributed by atoms with van der Waals surface area (Å²) in [6.45, 7) is 4.60. The van der Waals surface area contributed by atoms with E-state index in [1.807, 2.05) is 13.0 Å². The molecule has 0 fully saturated rings. The quantitative estimate of drug-likeness (QED) is 0.664. The van der Waals surface area contributed by atoms with E-state index >= 15 is 0 Å². The third-order valence-electron chi connectivity index (χ3n) is 3.18. The van der Waals surface area contributed by atoms with Gasteiger partial charge in [-0.3, -0.25) is 10.1 Å². The van der Waals surface area contributed by atoms with Crippen molar-refractivity contribution in [1.82, 2.24) is 14.8 Å². The lowest BCUT2D eigenvalue weighted by Crippen LogP contribution is -2.21. The standard InChI is InChI=1S/C13H18N6O2/c1-4-18-13(12(19(20)21)9(2)16-18)17(3)8-10-5-6-11(14)15-7-10/h5-7H,4,8H2,1-3H3,(H2,14,15). The van der Waals surface area contributed by atoms with E-state index in [2.05, 4.69) is 10.1 Å². The molecule has 0 amide bonds. The molecule has 0 bridgehead atoms. The van der Waals surface area contributed by atoms with Crippen LogP contribution in [0.3, 0.4) is 0 Å². The van der Waals surface area contributed by atoms with Gasteiger partial charge in [-0.2, -0.15) is 5.10 Å². The zero-order valence-corrected chi connectivity index (χ0v) is 12.3. The molecule has 0 unspecified atom stereocenters. The summed E-state index contributed by atoms with van der Waals surface area (Å²) in [5.74, 6) is 0.943. The molecule has 0 aliphatic heterocycles. The highest BCUT2D eigenvalue weighted by Crippen LogP contribution is 2.31. The van der Waals surface area contributed by atoms with Crippen molar-refractivity contribution in [3.63, 3.8) is 0 Å². The summed E-state index contributed by atoms with van der Waals surface area (Å²) in [6.07, 6.45) is 1.66. The average molecular weight is 290 g/mol. The first-order chi connectivity index (χ1) is 9.93. The Kier molecular flexibility index (Phi) is 4.06. The van der Waals surface area contributed by atoms with Crippen LogP contribution in [0.15, 0.2) is 18.3 Å². The van der Waals surface area contributed by atoms with E-state index in [1.165, 1.54) is 0 Å². The highest BCUT2D eigenvalue weighted by Gasteiger charge is 2.27. The number of hydrogen-bond acceptors (Lipinski definition) is 6. The molecule has 0 aliphatic carbocycles. The van der Waals surface area contributed by atoms with E-state index in [9.17, 15) is 10.1 Å². The first-order valence-electron chi connectivity index (χ1n) is 6.57. The van der Waals surface area contributed by atoms with Gasteiger partial charge < -0.3 is 10.6 Å². The minimum atomic E-state index is -0.387. The lowest BCUT2D eigenvalue weighted by atomic mass is 10.2. The van der Waals surface area contributed by atoms with Crippen molar-refractivity contribution in [2.24, 2.45) is 0 Å². The molecule has 0 saturated heterocycles. The van der Waals surface area contributed by atoms with Crippen LogP contribution in [0.2, 0.25) is 0 Å². The molecule has 2 heterocycles. The maximum Gasteiger partial charge on any atom is 0.333 e. The van der Waals surface area contributed by atoms with Crippen LogP contribution in [0.4, 0.5) is 17.3 Å². The van der Waals surface area contributed by atoms with Crippen LogP contribution in [-0.4, -0.2) is 26.7 Å². The van der Waals surface area contributed by atoms with E-state index < -0.39 is 0 Å². The van der Waals surface area contributed by atoms with E-state index in [0.717, 1.165) is 5.56 Å². The van der Waals surface area contributed by atoms with Crippen molar-refractivity contribution in [2.45, 2.75) is 26.9 Å². The summed E-state index contributed by atoms with van der Waals surface area (Å²) in [5.41, 5.74) is 6.93. The Labute approximate surface area is 122 Å². The van der Waals surface area contributed by atoms with Crippen LogP contribution in [0.25, 0.3) is 0 Å². The number of nitrogen functional groups attached to an aromatic ring is 1. The zero-order chi connectivity index (χ0) is 15.6. The second kappa shape index (κ2) is 5.78. The van der Waals surface area contributed by atoms with E-state index in [0.29, 0.717) is 30.4 Å². The van der Waals surface area contributed by atoms with Gasteiger partial charge in [0, 0.05) is 26.3 Å². The van der Waals surface area contributed by atoms with Gasteiger partial charge in [-0.25, -0.2) is 9.67 Å². The fourth-order valence-corrected chi connectivity index (χ4v) is 2.25. The highest BCUT2D eigenvalue weighted by atomic mass is 16.6. The number of pyridine rings is 1. The predicted molar refractivity (Wildman–Crippen MR) is 80.0 cm³/mol. The zero-order valence-electron chi connectivity index (χ0n) is 12.3. The molecule has 0 radical (unpaired) electrons. The van der Waals surface area contributed by atoms with Gasteiger partial charge in [-0.15, -0.1) is 0 Å². The first kappa shape index (κ1) is 14.8. The normalized spacial score (nSPS) is 10.6. The number of aromatic nitrogens is 3. The first-order valence-corrected chi connectivity index (χ1v) is 6.57. The summed E-state index contributed by atoms with van der Waals surface area (Å²) in [6, 6.07) is 3.56. The van der Waals surface area contributed by atoms with Crippen molar-refractivity contribution in [2.75, 3.05) is 17.7 Å². The number of hydrogen-bond donors (Lipinski definition) is 1. The van der Waals surface area contributed by atoms with Gasteiger partial charge in [0.1, 0.15) is 11.5 Å². The van der Waals surface area contributed by atoms with Crippen molar-refractivity contribution in [1.29, 1.82) is 0 Å². The minimum absolute atomic E-state index is 0.0442. The second-order valence-corrected chi connectivity index (χ2v) is 4.78. The Morgan fingerprint density at radius 1 is 1.48 bits per heavy atom. The van der Waals surface area contributed by atoms with Crippen molar-refractivity contribution in [3.05, 3.63) is 39.7 Å². The Bertz CT molecular complexity index is 649. The lowest BCUT2D eigenvalue weighted by Gasteiger charge is -2.19. The van der Waals surface area contributed by atoms with Crippen LogP contribution in [0.5, 0.6) is 0 Å². The van der Waals surface area contributed by atoms with Gasteiger partial charge in [-0.05, 0) is 25.5 Å². The molecule has 2 N–H and O–H groups in total. The molecule has 2 rings (SSSR count). The number of nitro groups is 1. The van der Waals surface area contributed by atoms with E-state index in [-0.39, 0.29) is 10.6 Å². The van der Waals surface area contributed by atoms with Crippen molar-refractivity contribution >= 4 is 17.3 Å². The minimum Gasteiger partial charge on any atom is -0.384 e. The largest absolute Gasteiger partial charge is 0.384 e. The molecule has 8 nitrogen and oxygen atoms in total. The number of aryl methyl sites for hydroxylation is 2. The molecule has 0 aromatic carbocycles. The van der Waals surface area contributed by atoms with Crippen LogP contribution >= 0.6 is 0 Å². The lowest BCUT2D eigenvalue weighted by molar-refractivity contribution is -0.384. The van der Waals surface area contributed by atoms with Crippen LogP contribution in [-0.2, 0) is 13.1 Å². The SMILES string of the molecule is CCn1nc(C)c([N+](=O)[O-])c1N(C)Cc1ccc(N)nc1. The molecule has 2 aromatic heterocycles. The number of rotatable bonds is 5. The maximum atomic E-state index is 11.3. The average Bonchev–Trinajstić information content (AvgIpc) is 2.78. The Hall–Kier alpha value is -2.64. The maximum absolute atomic E-state index is 11.3. The van der Waals surface area contributed by atoms with Crippen molar-refractivity contribution in [3.8, 4) is 0 Å². The van der Waals surface area contributed by atoms with Gasteiger partial charge in [0.25, 0.3) is 0 Å². The van der Waals surface area contributed by atoms with Crippen LogP contribution in [0.1, 0.15) is 18.2 Å². The fourth-order valence-electron chi connectivity index (χ4n) is 2.25. The summed E-state index contributed by atoms with van der Waals surface area (Å²) in [4.78, 5) is 16.7. The molecule has 0 atom stereocenters. The number of anilines is 2.